The first kappa shape index (κ1) is 14.5. The van der Waals surface area contributed by atoms with Gasteiger partial charge < -0.3 is 5.32 Å². The maximum Gasteiger partial charge on any atom is 0.273 e. The zero-order valence-corrected chi connectivity index (χ0v) is 11.0. The molecule has 1 amide bonds. The number of carbonyl (C=O) groups excluding carboxylic acids is 1. The van der Waals surface area contributed by atoms with E-state index in [9.17, 15) is 14.9 Å². The molecule has 0 unspecified atom stereocenters. The Kier molecular flexibility index (Phi) is 6.21. The molecule has 0 fully saturated rings. The minimum atomic E-state index is -0.354. The van der Waals surface area contributed by atoms with Gasteiger partial charge in [0.05, 0.1) is 4.92 Å². The smallest absolute Gasteiger partial charge is 0.273 e. The topological polar surface area (TPSA) is 72.2 Å². The van der Waals surface area contributed by atoms with Crippen molar-refractivity contribution >= 4 is 23.4 Å². The van der Waals surface area contributed by atoms with Gasteiger partial charge in [-0.25, -0.2) is 0 Å². The van der Waals surface area contributed by atoms with Crippen LogP contribution in [0.3, 0.4) is 0 Å². The number of nitro groups is 1. The van der Waals surface area contributed by atoms with Crippen LogP contribution in [0.2, 0.25) is 0 Å². The molecular formula is C12H16N2O3S. The number of rotatable bonds is 7. The summed E-state index contributed by atoms with van der Waals surface area (Å²) < 4.78 is 0. The van der Waals surface area contributed by atoms with Crippen LogP contribution in [0, 0.1) is 10.1 Å². The molecule has 0 bridgehead atoms. The quantitative estimate of drug-likeness (QED) is 0.468. The van der Waals surface area contributed by atoms with Crippen LogP contribution >= 0.6 is 11.8 Å². The summed E-state index contributed by atoms with van der Waals surface area (Å²) >= 11 is 1.63. The molecule has 1 aromatic rings. The molecule has 0 saturated heterocycles. The fourth-order valence-corrected chi connectivity index (χ4v) is 2.39. The summed E-state index contributed by atoms with van der Waals surface area (Å²) in [4.78, 5) is 21.1. The number of nitrogens with zero attached hydrogens (tertiary/aromatic N) is 1. The first-order valence-electron chi connectivity index (χ1n) is 5.65. The maximum atomic E-state index is 10.8. The third-order valence-corrected chi connectivity index (χ3v) is 3.38. The number of nitrogens with one attached hydrogen (secondary N) is 1. The van der Waals surface area contributed by atoms with Crippen molar-refractivity contribution < 1.29 is 9.72 Å². The lowest BCUT2D eigenvalue weighted by Crippen LogP contribution is -2.21. The van der Waals surface area contributed by atoms with Crippen molar-refractivity contribution in [3.05, 3.63) is 39.9 Å². The number of amides is 1. The Hall–Kier alpha value is -1.56. The van der Waals surface area contributed by atoms with E-state index in [0.29, 0.717) is 12.3 Å². The van der Waals surface area contributed by atoms with Gasteiger partial charge in [-0.2, -0.15) is 11.8 Å². The van der Waals surface area contributed by atoms with Crippen LogP contribution in [0.4, 0.5) is 5.69 Å². The molecule has 0 atom stereocenters. The third-order valence-electron chi connectivity index (χ3n) is 2.29. The monoisotopic (exact) mass is 268 g/mol. The Balaban J connectivity index is 2.31. The first-order valence-corrected chi connectivity index (χ1v) is 6.81. The largest absolute Gasteiger partial charge is 0.356 e. The lowest BCUT2D eigenvalue weighted by atomic mass is 10.2. The Labute approximate surface area is 110 Å². The molecule has 1 N–H and O–H groups in total. The van der Waals surface area contributed by atoms with E-state index in [-0.39, 0.29) is 16.5 Å². The van der Waals surface area contributed by atoms with Crippen LogP contribution in [0.25, 0.3) is 0 Å². The van der Waals surface area contributed by atoms with E-state index < -0.39 is 0 Å². The molecule has 0 saturated carbocycles. The SMILES string of the molecule is CC(=O)NCCCSCc1ccccc1[N+](=O)[O-]. The Morgan fingerprint density at radius 3 is 2.83 bits per heavy atom. The highest BCUT2D eigenvalue weighted by Crippen LogP contribution is 2.22. The van der Waals surface area contributed by atoms with E-state index in [4.69, 9.17) is 0 Å². The van der Waals surface area contributed by atoms with E-state index in [0.717, 1.165) is 17.7 Å². The Morgan fingerprint density at radius 2 is 2.17 bits per heavy atom. The zero-order chi connectivity index (χ0) is 13.4. The van der Waals surface area contributed by atoms with Crippen molar-refractivity contribution in [1.29, 1.82) is 0 Å². The molecule has 98 valence electrons. The third kappa shape index (κ3) is 5.18. The minimum Gasteiger partial charge on any atom is -0.356 e. The lowest BCUT2D eigenvalue weighted by molar-refractivity contribution is -0.385. The van der Waals surface area contributed by atoms with Gasteiger partial charge >= 0.3 is 0 Å². The molecule has 1 aromatic carbocycles. The van der Waals surface area contributed by atoms with Crippen LogP contribution in [-0.4, -0.2) is 23.1 Å². The van der Waals surface area contributed by atoms with E-state index in [1.807, 2.05) is 0 Å². The van der Waals surface area contributed by atoms with Crippen molar-refractivity contribution in [1.82, 2.24) is 5.32 Å². The van der Waals surface area contributed by atoms with Crippen LogP contribution in [0.15, 0.2) is 24.3 Å². The number of benzene rings is 1. The molecule has 1 rings (SSSR count). The molecule has 0 aliphatic carbocycles. The molecular weight excluding hydrogens is 252 g/mol. The summed E-state index contributed by atoms with van der Waals surface area (Å²) in [6.07, 6.45) is 0.866. The summed E-state index contributed by atoms with van der Waals surface area (Å²) in [6.45, 7) is 2.14. The van der Waals surface area contributed by atoms with Gasteiger partial charge in [-0.15, -0.1) is 0 Å². The molecule has 0 aliphatic rings. The number of nitro benzene ring substituents is 1. The predicted molar refractivity (Wildman–Crippen MR) is 72.6 cm³/mol. The van der Waals surface area contributed by atoms with Crippen LogP contribution < -0.4 is 5.32 Å². The standard InChI is InChI=1S/C12H16N2O3S/c1-10(15)13-7-4-8-18-9-11-5-2-3-6-12(11)14(16)17/h2-3,5-6H,4,7-9H2,1H3,(H,13,15). The van der Waals surface area contributed by atoms with Gasteiger partial charge in [0.2, 0.25) is 5.91 Å². The Morgan fingerprint density at radius 1 is 1.44 bits per heavy atom. The molecule has 6 heteroatoms. The van der Waals surface area contributed by atoms with E-state index in [2.05, 4.69) is 5.32 Å². The second-order valence-corrected chi connectivity index (χ2v) is 4.88. The van der Waals surface area contributed by atoms with Crippen LogP contribution in [-0.2, 0) is 10.5 Å². The summed E-state index contributed by atoms with van der Waals surface area (Å²) in [7, 11) is 0. The van der Waals surface area contributed by atoms with Gasteiger partial charge in [0, 0.05) is 30.9 Å². The summed E-state index contributed by atoms with van der Waals surface area (Å²) in [5, 5.41) is 13.5. The minimum absolute atomic E-state index is 0.0290. The average molecular weight is 268 g/mol. The predicted octanol–water partition coefficient (Wildman–Crippen LogP) is 2.35. The van der Waals surface area contributed by atoms with E-state index in [1.165, 1.54) is 13.0 Å². The van der Waals surface area contributed by atoms with E-state index in [1.54, 1.807) is 30.0 Å². The maximum absolute atomic E-state index is 10.8. The summed E-state index contributed by atoms with van der Waals surface area (Å²) in [5.41, 5.74) is 0.916. The molecule has 0 aromatic heterocycles. The summed E-state index contributed by atoms with van der Waals surface area (Å²) in [5.74, 6) is 1.46. The number of para-hydroxylation sites is 1. The highest BCUT2D eigenvalue weighted by molar-refractivity contribution is 7.98. The fourth-order valence-electron chi connectivity index (χ4n) is 1.43. The van der Waals surface area contributed by atoms with Crippen molar-refractivity contribution in [3.63, 3.8) is 0 Å². The number of hydrogen-bond acceptors (Lipinski definition) is 4. The van der Waals surface area contributed by atoms with Crippen LogP contribution in [0.1, 0.15) is 18.9 Å². The van der Waals surface area contributed by atoms with Gasteiger partial charge in [-0.3, -0.25) is 14.9 Å². The zero-order valence-electron chi connectivity index (χ0n) is 10.2. The molecule has 0 aliphatic heterocycles. The average Bonchev–Trinajstić information content (AvgIpc) is 2.33. The summed E-state index contributed by atoms with van der Waals surface area (Å²) in [6, 6.07) is 6.77. The van der Waals surface area contributed by atoms with Gasteiger partial charge in [0.1, 0.15) is 0 Å². The van der Waals surface area contributed by atoms with Gasteiger partial charge in [0.15, 0.2) is 0 Å². The second kappa shape index (κ2) is 7.71. The van der Waals surface area contributed by atoms with Gasteiger partial charge in [-0.1, -0.05) is 18.2 Å². The van der Waals surface area contributed by atoms with Gasteiger partial charge in [-0.05, 0) is 12.2 Å². The van der Waals surface area contributed by atoms with Crippen molar-refractivity contribution in [2.45, 2.75) is 19.1 Å². The van der Waals surface area contributed by atoms with Gasteiger partial charge in [0.25, 0.3) is 5.69 Å². The fraction of sp³-hybridized carbons (Fsp3) is 0.417. The Bertz CT molecular complexity index is 424. The van der Waals surface area contributed by atoms with Crippen LogP contribution in [0.5, 0.6) is 0 Å². The van der Waals surface area contributed by atoms with Crippen molar-refractivity contribution in [3.8, 4) is 0 Å². The lowest BCUT2D eigenvalue weighted by Gasteiger charge is -2.03. The normalized spacial score (nSPS) is 10.1. The highest BCUT2D eigenvalue weighted by atomic mass is 32.2. The number of hydrogen-bond donors (Lipinski definition) is 1. The highest BCUT2D eigenvalue weighted by Gasteiger charge is 2.11. The number of carbonyl (C=O) groups is 1. The molecule has 5 nitrogen and oxygen atoms in total. The molecule has 0 radical (unpaired) electrons. The van der Waals surface area contributed by atoms with E-state index >= 15 is 0 Å². The molecule has 0 spiro atoms. The van der Waals surface area contributed by atoms with Crippen molar-refractivity contribution in [2.24, 2.45) is 0 Å². The molecule has 0 heterocycles. The number of thioether (sulfide) groups is 1. The molecule has 18 heavy (non-hydrogen) atoms. The second-order valence-electron chi connectivity index (χ2n) is 3.77. The van der Waals surface area contributed by atoms with Crippen molar-refractivity contribution in [2.75, 3.05) is 12.3 Å². The first-order chi connectivity index (χ1) is 8.61.